The van der Waals surface area contributed by atoms with Crippen molar-refractivity contribution in [3.63, 3.8) is 0 Å². The van der Waals surface area contributed by atoms with E-state index in [9.17, 15) is 0 Å². The minimum atomic E-state index is 0.638. The van der Waals surface area contributed by atoms with E-state index in [1.807, 2.05) is 6.07 Å². The molecule has 0 saturated carbocycles. The quantitative estimate of drug-likeness (QED) is 0.176. The second-order valence-corrected chi connectivity index (χ2v) is 15.4. The van der Waals surface area contributed by atoms with Crippen molar-refractivity contribution in [3.8, 4) is 56.4 Å². The molecule has 0 radical (unpaired) electrons. The summed E-state index contributed by atoms with van der Waals surface area (Å²) in [6.07, 6.45) is 6.57. The molecular formula is C55H35N3O. The van der Waals surface area contributed by atoms with Crippen LogP contribution in [0.4, 0.5) is 0 Å². The van der Waals surface area contributed by atoms with Crippen LogP contribution in [0.3, 0.4) is 0 Å². The summed E-state index contributed by atoms with van der Waals surface area (Å²) in [5, 5.41) is 8.95. The molecule has 12 rings (SSSR count). The standard InChI is InChI=1S/C55H35N3O/c1-2-15-36(16-3-1)42-23-12-19-39-33-48(51-47-22-10-11-24-49(47)59-52(51)50(39)42)45-29-30-46(44-21-9-8-20-43(44)45)55-57-53(40-27-25-34-13-4-6-17-37(34)31-40)56-54(58-55)41-28-26-35-14-5-7-18-38(35)32-41/h1-4,6-13,15-33H,5,14H2. The number of aryl methyl sites for hydroxylation is 1. The zero-order valence-electron chi connectivity index (χ0n) is 32.1. The van der Waals surface area contributed by atoms with Crippen molar-refractivity contribution in [2.75, 3.05) is 0 Å². The highest BCUT2D eigenvalue weighted by Gasteiger charge is 2.22. The van der Waals surface area contributed by atoms with Crippen molar-refractivity contribution in [1.82, 2.24) is 15.0 Å². The molecule has 4 heteroatoms. The van der Waals surface area contributed by atoms with Crippen LogP contribution in [-0.4, -0.2) is 15.0 Å². The molecule has 0 aliphatic heterocycles. The van der Waals surface area contributed by atoms with Gasteiger partial charge >= 0.3 is 0 Å². The van der Waals surface area contributed by atoms with E-state index < -0.39 is 0 Å². The van der Waals surface area contributed by atoms with Crippen molar-refractivity contribution in [2.45, 2.75) is 12.8 Å². The first-order valence-electron chi connectivity index (χ1n) is 20.2. The van der Waals surface area contributed by atoms with Crippen molar-refractivity contribution in [1.29, 1.82) is 0 Å². The number of rotatable bonds is 5. The Kier molecular flexibility index (Phi) is 7.63. The molecule has 0 amide bonds. The number of hydrogen-bond acceptors (Lipinski definition) is 4. The third-order valence-corrected chi connectivity index (χ3v) is 12.0. The summed E-state index contributed by atoms with van der Waals surface area (Å²) in [6.45, 7) is 0. The number of para-hydroxylation sites is 1. The van der Waals surface area contributed by atoms with Gasteiger partial charge in [-0.2, -0.15) is 0 Å². The molecular weight excluding hydrogens is 719 g/mol. The highest BCUT2D eigenvalue weighted by Crippen LogP contribution is 2.46. The lowest BCUT2D eigenvalue weighted by Gasteiger charge is -2.16. The largest absolute Gasteiger partial charge is 0.455 e. The maximum atomic E-state index is 6.84. The Morgan fingerprint density at radius 3 is 1.95 bits per heavy atom. The Bertz CT molecular complexity index is 3510. The molecule has 59 heavy (non-hydrogen) atoms. The maximum Gasteiger partial charge on any atom is 0.164 e. The van der Waals surface area contributed by atoms with Gasteiger partial charge in [-0.1, -0.05) is 158 Å². The number of aromatic nitrogens is 3. The van der Waals surface area contributed by atoms with Gasteiger partial charge in [0, 0.05) is 32.8 Å². The van der Waals surface area contributed by atoms with Gasteiger partial charge in [0.15, 0.2) is 17.5 Å². The Morgan fingerprint density at radius 1 is 0.407 bits per heavy atom. The number of hydrogen-bond donors (Lipinski definition) is 0. The first kappa shape index (κ1) is 33.4. The smallest absolute Gasteiger partial charge is 0.164 e. The molecule has 0 atom stereocenters. The minimum Gasteiger partial charge on any atom is -0.455 e. The van der Waals surface area contributed by atoms with E-state index in [2.05, 4.69) is 182 Å². The van der Waals surface area contributed by atoms with E-state index >= 15 is 0 Å². The molecule has 0 bridgehead atoms. The van der Waals surface area contributed by atoms with Crippen LogP contribution < -0.4 is 0 Å². The SMILES string of the molecule is C1=Cc2cc(-c3nc(-c4ccc5ccccc5c4)nc(-c4ccc(-c5cc6cccc(-c7ccccc7)c6c6oc7ccccc7c56)c5ccccc45)n3)ccc2CC1. The molecule has 0 N–H and O–H groups in total. The molecule has 2 aromatic heterocycles. The number of nitrogens with zero attached hydrogens (tertiary/aromatic N) is 3. The minimum absolute atomic E-state index is 0.638. The monoisotopic (exact) mass is 753 g/mol. The van der Waals surface area contributed by atoms with Gasteiger partial charge < -0.3 is 4.42 Å². The van der Waals surface area contributed by atoms with Crippen molar-refractivity contribution < 1.29 is 4.42 Å². The van der Waals surface area contributed by atoms with Gasteiger partial charge in [-0.05, 0) is 103 Å². The third kappa shape index (κ3) is 5.56. The average molecular weight is 754 g/mol. The lowest BCUT2D eigenvalue weighted by molar-refractivity contribution is 0.673. The molecule has 276 valence electrons. The number of fused-ring (bicyclic) bond motifs is 8. The fourth-order valence-electron chi connectivity index (χ4n) is 9.11. The fourth-order valence-corrected chi connectivity index (χ4v) is 9.11. The van der Waals surface area contributed by atoms with Crippen LogP contribution in [0.25, 0.3) is 117 Å². The Morgan fingerprint density at radius 2 is 1.08 bits per heavy atom. The van der Waals surface area contributed by atoms with Gasteiger partial charge in [0.2, 0.25) is 0 Å². The van der Waals surface area contributed by atoms with Crippen LogP contribution in [-0.2, 0) is 6.42 Å². The van der Waals surface area contributed by atoms with E-state index in [4.69, 9.17) is 19.4 Å². The van der Waals surface area contributed by atoms with E-state index in [0.29, 0.717) is 17.5 Å². The molecule has 1 aliphatic rings. The Hall–Kier alpha value is -7.69. The van der Waals surface area contributed by atoms with E-state index in [-0.39, 0.29) is 0 Å². The molecule has 1 aliphatic carbocycles. The summed E-state index contributed by atoms with van der Waals surface area (Å²) in [5.74, 6) is 1.94. The fraction of sp³-hybridized carbons (Fsp3) is 0.0364. The lowest BCUT2D eigenvalue weighted by atomic mass is 9.88. The molecule has 0 unspecified atom stereocenters. The second kappa shape index (κ2) is 13.5. The Labute approximate surface area is 340 Å². The molecule has 4 nitrogen and oxygen atoms in total. The van der Waals surface area contributed by atoms with Gasteiger partial charge in [-0.25, -0.2) is 15.0 Å². The van der Waals surface area contributed by atoms with E-state index in [1.165, 1.54) is 16.5 Å². The van der Waals surface area contributed by atoms with Crippen molar-refractivity contribution >= 4 is 60.3 Å². The summed E-state index contributed by atoms with van der Waals surface area (Å²) in [4.78, 5) is 15.7. The van der Waals surface area contributed by atoms with Gasteiger partial charge in [0.05, 0.1) is 0 Å². The molecule has 0 saturated heterocycles. The van der Waals surface area contributed by atoms with Crippen molar-refractivity contribution in [2.24, 2.45) is 0 Å². The van der Waals surface area contributed by atoms with Gasteiger partial charge in [-0.3, -0.25) is 0 Å². The first-order valence-corrected chi connectivity index (χ1v) is 20.2. The van der Waals surface area contributed by atoms with Crippen LogP contribution in [0.1, 0.15) is 17.5 Å². The Balaban J connectivity index is 1.09. The zero-order valence-corrected chi connectivity index (χ0v) is 32.1. The van der Waals surface area contributed by atoms with E-state index in [1.54, 1.807) is 0 Å². The molecule has 0 fully saturated rings. The topological polar surface area (TPSA) is 51.8 Å². The van der Waals surface area contributed by atoms with Gasteiger partial charge in [-0.15, -0.1) is 0 Å². The van der Waals surface area contributed by atoms with Gasteiger partial charge in [0.1, 0.15) is 11.2 Å². The predicted octanol–water partition coefficient (Wildman–Crippen LogP) is 14.5. The predicted molar refractivity (Wildman–Crippen MR) is 244 cm³/mol. The normalized spacial score (nSPS) is 12.5. The lowest BCUT2D eigenvalue weighted by Crippen LogP contribution is -2.02. The molecule has 2 heterocycles. The van der Waals surface area contributed by atoms with E-state index in [0.717, 1.165) is 101 Å². The average Bonchev–Trinajstić information content (AvgIpc) is 3.70. The summed E-state index contributed by atoms with van der Waals surface area (Å²) < 4.78 is 6.84. The van der Waals surface area contributed by atoms with Crippen LogP contribution in [0.15, 0.2) is 186 Å². The summed E-state index contributed by atoms with van der Waals surface area (Å²) in [5.41, 5.74) is 11.8. The van der Waals surface area contributed by atoms with Crippen LogP contribution >= 0.6 is 0 Å². The maximum absolute atomic E-state index is 6.84. The van der Waals surface area contributed by atoms with Crippen LogP contribution in [0.2, 0.25) is 0 Å². The first-order chi connectivity index (χ1) is 29.2. The van der Waals surface area contributed by atoms with Crippen LogP contribution in [0, 0.1) is 0 Å². The third-order valence-electron chi connectivity index (χ3n) is 12.0. The summed E-state index contributed by atoms with van der Waals surface area (Å²) in [7, 11) is 0. The van der Waals surface area contributed by atoms with Gasteiger partial charge in [0.25, 0.3) is 0 Å². The number of benzene rings is 9. The molecule has 9 aromatic carbocycles. The molecule has 0 spiro atoms. The highest BCUT2D eigenvalue weighted by atomic mass is 16.3. The second-order valence-electron chi connectivity index (χ2n) is 15.4. The summed E-state index contributed by atoms with van der Waals surface area (Å²) >= 11 is 0. The number of furan rings is 1. The summed E-state index contributed by atoms with van der Waals surface area (Å²) in [6, 6.07) is 62.4. The molecule has 11 aromatic rings. The zero-order chi connectivity index (χ0) is 38.9. The van der Waals surface area contributed by atoms with Crippen molar-refractivity contribution in [3.05, 3.63) is 193 Å². The number of allylic oxidation sites excluding steroid dienone is 1. The highest BCUT2D eigenvalue weighted by molar-refractivity contribution is 6.25. The van der Waals surface area contributed by atoms with Crippen LogP contribution in [0.5, 0.6) is 0 Å².